The number of hydrogen-bond acceptors (Lipinski definition) is 2. The molecule has 1 aliphatic heterocycles. The predicted molar refractivity (Wildman–Crippen MR) is 87.5 cm³/mol. The fourth-order valence-corrected chi connectivity index (χ4v) is 4.45. The third-order valence-electron chi connectivity index (χ3n) is 4.92. The molecule has 1 saturated carbocycles. The lowest BCUT2D eigenvalue weighted by molar-refractivity contribution is -0.125. The number of carbonyl (C=O) groups is 2. The van der Waals surface area contributed by atoms with Gasteiger partial charge in [0.05, 0.1) is 5.54 Å². The third-order valence-corrected chi connectivity index (χ3v) is 5.45. The number of rotatable bonds is 2. The van der Waals surface area contributed by atoms with Crippen molar-refractivity contribution in [2.75, 3.05) is 0 Å². The Labute approximate surface area is 140 Å². The molecule has 0 radical (unpaired) electrons. The number of benzene rings is 1. The minimum atomic E-state index is -0.794. The monoisotopic (exact) mass is 339 g/mol. The summed E-state index contributed by atoms with van der Waals surface area (Å²) >= 11 is 12.4. The van der Waals surface area contributed by atoms with Gasteiger partial charge >= 0.3 is 0 Å². The first-order chi connectivity index (χ1) is 10.5. The number of carbonyl (C=O) groups excluding carboxylic acids is 2. The first kappa shape index (κ1) is 15.8. The van der Waals surface area contributed by atoms with Crippen LogP contribution < -0.4 is 5.32 Å². The molecule has 1 aromatic carbocycles. The van der Waals surface area contributed by atoms with E-state index in [1.54, 1.807) is 12.1 Å². The van der Waals surface area contributed by atoms with Gasteiger partial charge in [0.1, 0.15) is 5.92 Å². The summed E-state index contributed by atoms with van der Waals surface area (Å²) in [6.45, 7) is 1.97. The highest BCUT2D eigenvalue weighted by Gasteiger charge is 2.53. The second-order valence-electron chi connectivity index (χ2n) is 6.24. The van der Waals surface area contributed by atoms with E-state index in [-0.39, 0.29) is 11.7 Å². The van der Waals surface area contributed by atoms with E-state index < -0.39 is 11.5 Å². The molecule has 1 spiro atoms. The normalized spacial score (nSPS) is 23.9. The van der Waals surface area contributed by atoms with Gasteiger partial charge in [0.25, 0.3) is 0 Å². The molecule has 1 unspecified atom stereocenters. The Bertz CT molecular complexity index is 636. The minimum absolute atomic E-state index is 0.0175. The molecular formula is C17H19Cl2NO2. The number of halogens is 2. The first-order valence-electron chi connectivity index (χ1n) is 7.82. The Balaban J connectivity index is 2.06. The molecule has 0 bridgehead atoms. The van der Waals surface area contributed by atoms with Crippen LogP contribution in [0.3, 0.4) is 0 Å². The average molecular weight is 340 g/mol. The lowest BCUT2D eigenvalue weighted by atomic mass is 9.76. The van der Waals surface area contributed by atoms with Crippen LogP contribution in [-0.4, -0.2) is 17.2 Å². The molecule has 118 valence electrons. The van der Waals surface area contributed by atoms with E-state index in [1.807, 2.05) is 6.92 Å². The molecule has 2 aliphatic rings. The predicted octanol–water partition coefficient (Wildman–Crippen LogP) is 4.04. The maximum absolute atomic E-state index is 13.0. The molecule has 1 amide bonds. The summed E-state index contributed by atoms with van der Waals surface area (Å²) in [4.78, 5) is 25.6. The van der Waals surface area contributed by atoms with Gasteiger partial charge in [-0.3, -0.25) is 9.59 Å². The van der Waals surface area contributed by atoms with E-state index in [2.05, 4.69) is 5.32 Å². The summed E-state index contributed by atoms with van der Waals surface area (Å²) in [6, 6.07) is 3.42. The lowest BCUT2D eigenvalue weighted by Crippen LogP contribution is -2.47. The molecule has 22 heavy (non-hydrogen) atoms. The molecule has 1 aromatic rings. The smallest absolute Gasteiger partial charge is 0.236 e. The van der Waals surface area contributed by atoms with E-state index in [1.165, 1.54) is 0 Å². The highest BCUT2D eigenvalue weighted by molar-refractivity contribution is 6.36. The molecule has 1 heterocycles. The zero-order valence-corrected chi connectivity index (χ0v) is 14.1. The number of aryl methyl sites for hydroxylation is 1. The summed E-state index contributed by atoms with van der Waals surface area (Å²) in [5.74, 6) is -1.03. The molecule has 1 aliphatic carbocycles. The number of nitrogens with one attached hydrogen (secondary N) is 1. The van der Waals surface area contributed by atoms with Gasteiger partial charge in [-0.25, -0.2) is 0 Å². The number of Topliss-reactive ketones (excluding diaryl/α,β-unsaturated/α-hetero) is 1. The van der Waals surface area contributed by atoms with E-state index in [0.717, 1.165) is 37.7 Å². The van der Waals surface area contributed by atoms with Gasteiger partial charge in [0.15, 0.2) is 5.78 Å². The summed E-state index contributed by atoms with van der Waals surface area (Å²) in [5, 5.41) is 3.92. The second kappa shape index (κ2) is 5.86. The highest BCUT2D eigenvalue weighted by atomic mass is 35.5. The fraction of sp³-hybridized carbons (Fsp3) is 0.529. The van der Waals surface area contributed by atoms with E-state index in [9.17, 15) is 9.59 Å². The molecule has 3 nitrogen and oxygen atoms in total. The lowest BCUT2D eigenvalue weighted by Gasteiger charge is -2.31. The Morgan fingerprint density at radius 2 is 1.86 bits per heavy atom. The van der Waals surface area contributed by atoms with E-state index in [0.29, 0.717) is 22.0 Å². The quantitative estimate of drug-likeness (QED) is 0.826. The summed E-state index contributed by atoms with van der Waals surface area (Å²) in [6.07, 6.45) is 5.24. The first-order valence-corrected chi connectivity index (χ1v) is 8.58. The van der Waals surface area contributed by atoms with E-state index in [4.69, 9.17) is 23.2 Å². The molecule has 1 N–H and O–H groups in total. The number of ketones is 1. The van der Waals surface area contributed by atoms with Crippen LogP contribution in [-0.2, 0) is 16.0 Å². The maximum atomic E-state index is 13.0. The maximum Gasteiger partial charge on any atom is 0.236 e. The van der Waals surface area contributed by atoms with Gasteiger partial charge in [-0.1, -0.05) is 49.4 Å². The largest absolute Gasteiger partial charge is 0.343 e. The van der Waals surface area contributed by atoms with Gasteiger partial charge in [-0.2, -0.15) is 0 Å². The molecule has 2 fully saturated rings. The van der Waals surface area contributed by atoms with Gasteiger partial charge in [0, 0.05) is 10.0 Å². The molecule has 1 atom stereocenters. The third kappa shape index (κ3) is 2.44. The Morgan fingerprint density at radius 3 is 2.50 bits per heavy atom. The van der Waals surface area contributed by atoms with Crippen LogP contribution in [0.25, 0.3) is 0 Å². The van der Waals surface area contributed by atoms with E-state index >= 15 is 0 Å². The SMILES string of the molecule is CCc1cc(Cl)cc(Cl)c1C1C(=O)NC2(CCCCC2)C1=O. The highest BCUT2D eigenvalue weighted by Crippen LogP contribution is 2.42. The van der Waals surface area contributed by atoms with Crippen molar-refractivity contribution in [1.82, 2.24) is 5.32 Å². The Kier molecular flexibility index (Phi) is 4.21. The molecule has 0 aromatic heterocycles. The molecular weight excluding hydrogens is 321 g/mol. The van der Waals surface area contributed by atoms with Crippen molar-refractivity contribution in [2.45, 2.75) is 56.9 Å². The Morgan fingerprint density at radius 1 is 1.18 bits per heavy atom. The second-order valence-corrected chi connectivity index (χ2v) is 7.09. The Hall–Kier alpha value is -1.06. The zero-order valence-electron chi connectivity index (χ0n) is 12.5. The van der Waals surface area contributed by atoms with Crippen LogP contribution in [0.2, 0.25) is 10.0 Å². The zero-order chi connectivity index (χ0) is 15.9. The van der Waals surface area contributed by atoms with Crippen LogP contribution in [0, 0.1) is 0 Å². The standard InChI is InChI=1S/C17H19Cl2NO2/c1-2-10-8-11(18)9-12(19)13(10)14-15(21)17(20-16(14)22)6-4-3-5-7-17/h8-9,14H,2-7H2,1H3,(H,20,22). The van der Waals surface area contributed by atoms with Crippen molar-refractivity contribution in [1.29, 1.82) is 0 Å². The topological polar surface area (TPSA) is 46.2 Å². The molecule has 3 rings (SSSR count). The summed E-state index contributed by atoms with van der Waals surface area (Å²) < 4.78 is 0. The number of hydrogen-bond donors (Lipinski definition) is 1. The van der Waals surface area contributed by atoms with Crippen LogP contribution >= 0.6 is 23.2 Å². The summed E-state index contributed by atoms with van der Waals surface area (Å²) in [7, 11) is 0. The van der Waals surface area contributed by atoms with Crippen molar-refractivity contribution in [3.63, 3.8) is 0 Å². The van der Waals surface area contributed by atoms with Crippen molar-refractivity contribution >= 4 is 34.9 Å². The average Bonchev–Trinajstić information content (AvgIpc) is 2.71. The van der Waals surface area contributed by atoms with Gasteiger partial charge < -0.3 is 5.32 Å². The fourth-order valence-electron chi connectivity index (χ4n) is 3.81. The summed E-state index contributed by atoms with van der Waals surface area (Å²) in [5.41, 5.74) is 0.839. The van der Waals surface area contributed by atoms with Gasteiger partial charge in [-0.15, -0.1) is 0 Å². The van der Waals surface area contributed by atoms with Crippen LogP contribution in [0.15, 0.2) is 12.1 Å². The van der Waals surface area contributed by atoms with Crippen molar-refractivity contribution in [3.05, 3.63) is 33.3 Å². The minimum Gasteiger partial charge on any atom is -0.343 e. The molecule has 1 saturated heterocycles. The number of amides is 1. The molecule has 5 heteroatoms. The van der Waals surface area contributed by atoms with Gasteiger partial charge in [-0.05, 0) is 42.5 Å². The van der Waals surface area contributed by atoms with Crippen LogP contribution in [0.4, 0.5) is 0 Å². The van der Waals surface area contributed by atoms with Crippen molar-refractivity contribution in [3.8, 4) is 0 Å². The van der Waals surface area contributed by atoms with Crippen LogP contribution in [0.5, 0.6) is 0 Å². The van der Waals surface area contributed by atoms with Gasteiger partial charge in [0.2, 0.25) is 5.91 Å². The van der Waals surface area contributed by atoms with Crippen molar-refractivity contribution < 1.29 is 9.59 Å². The van der Waals surface area contributed by atoms with Crippen molar-refractivity contribution in [2.24, 2.45) is 0 Å². The van der Waals surface area contributed by atoms with Crippen LogP contribution in [0.1, 0.15) is 56.1 Å².